The van der Waals surface area contributed by atoms with Crippen molar-refractivity contribution >= 4 is 17.9 Å². The lowest BCUT2D eigenvalue weighted by molar-refractivity contribution is -0.167. The number of allylic oxidation sites excluding steroid dienone is 2. The first-order valence-electron chi connectivity index (χ1n) is 28.7. The summed E-state index contributed by atoms with van der Waals surface area (Å²) in [4.78, 5) is 38.1. The molecule has 0 N–H and O–H groups in total. The van der Waals surface area contributed by atoms with Gasteiger partial charge in [-0.05, 0) is 44.9 Å². The lowest BCUT2D eigenvalue weighted by Gasteiger charge is -2.18. The van der Waals surface area contributed by atoms with E-state index in [0.29, 0.717) is 19.3 Å². The van der Waals surface area contributed by atoms with Crippen molar-refractivity contribution < 1.29 is 28.6 Å². The molecule has 378 valence electrons. The molecule has 0 aromatic rings. The highest BCUT2D eigenvalue weighted by Gasteiger charge is 2.19. The molecule has 0 fully saturated rings. The van der Waals surface area contributed by atoms with Gasteiger partial charge >= 0.3 is 17.9 Å². The van der Waals surface area contributed by atoms with Crippen LogP contribution in [0.5, 0.6) is 0 Å². The quantitative estimate of drug-likeness (QED) is 0.0262. The summed E-state index contributed by atoms with van der Waals surface area (Å²) in [5.74, 6) is -0.847. The van der Waals surface area contributed by atoms with Crippen LogP contribution in [0.25, 0.3) is 0 Å². The van der Waals surface area contributed by atoms with Crippen LogP contribution in [0, 0.1) is 0 Å². The van der Waals surface area contributed by atoms with Crippen LogP contribution in [-0.2, 0) is 28.6 Å². The molecule has 0 rings (SSSR count). The van der Waals surface area contributed by atoms with E-state index in [2.05, 4.69) is 32.9 Å². The first kappa shape index (κ1) is 62.1. The number of ether oxygens (including phenoxy) is 3. The van der Waals surface area contributed by atoms with Crippen molar-refractivity contribution in [2.75, 3.05) is 13.2 Å². The summed E-state index contributed by atoms with van der Waals surface area (Å²) in [5.41, 5.74) is 0. The van der Waals surface area contributed by atoms with Gasteiger partial charge in [0, 0.05) is 19.3 Å². The van der Waals surface area contributed by atoms with E-state index in [9.17, 15) is 14.4 Å². The molecule has 0 bridgehead atoms. The summed E-state index contributed by atoms with van der Waals surface area (Å²) in [6.45, 7) is 6.67. The van der Waals surface area contributed by atoms with Crippen molar-refractivity contribution in [3.63, 3.8) is 0 Å². The van der Waals surface area contributed by atoms with Crippen LogP contribution in [0.1, 0.15) is 323 Å². The molecule has 64 heavy (non-hydrogen) atoms. The topological polar surface area (TPSA) is 78.9 Å². The third-order valence-electron chi connectivity index (χ3n) is 13.0. The molecule has 0 saturated carbocycles. The number of rotatable bonds is 53. The molecule has 0 unspecified atom stereocenters. The Balaban J connectivity index is 4.26. The Labute approximate surface area is 399 Å². The van der Waals surface area contributed by atoms with Gasteiger partial charge in [-0.15, -0.1) is 0 Å². The van der Waals surface area contributed by atoms with Crippen molar-refractivity contribution in [3.05, 3.63) is 12.2 Å². The maximum Gasteiger partial charge on any atom is 0.306 e. The fraction of sp³-hybridized carbons (Fsp3) is 0.914. The van der Waals surface area contributed by atoms with Crippen LogP contribution in [0.15, 0.2) is 12.2 Å². The first-order chi connectivity index (χ1) is 31.5. The number of carbonyl (C=O) groups excluding carboxylic acids is 3. The second kappa shape index (κ2) is 53.8. The smallest absolute Gasteiger partial charge is 0.306 e. The third kappa shape index (κ3) is 51.1. The number of hydrogen-bond acceptors (Lipinski definition) is 6. The van der Waals surface area contributed by atoms with Gasteiger partial charge in [-0.1, -0.05) is 270 Å². The summed E-state index contributed by atoms with van der Waals surface area (Å²) >= 11 is 0. The van der Waals surface area contributed by atoms with E-state index >= 15 is 0 Å². The highest BCUT2D eigenvalue weighted by atomic mass is 16.6. The second-order valence-electron chi connectivity index (χ2n) is 19.6. The van der Waals surface area contributed by atoms with Crippen LogP contribution in [0.2, 0.25) is 0 Å². The highest BCUT2D eigenvalue weighted by molar-refractivity contribution is 5.71. The average molecular weight is 904 g/mol. The van der Waals surface area contributed by atoms with E-state index in [1.54, 1.807) is 0 Å². The van der Waals surface area contributed by atoms with Gasteiger partial charge in [0.2, 0.25) is 0 Å². The molecule has 0 radical (unpaired) electrons. The van der Waals surface area contributed by atoms with Gasteiger partial charge in [0.05, 0.1) is 0 Å². The predicted molar refractivity (Wildman–Crippen MR) is 275 cm³/mol. The predicted octanol–water partition coefficient (Wildman–Crippen LogP) is 18.9. The van der Waals surface area contributed by atoms with Crippen LogP contribution < -0.4 is 0 Å². The highest BCUT2D eigenvalue weighted by Crippen LogP contribution is 2.17. The summed E-state index contributed by atoms with van der Waals surface area (Å²) in [6.07, 6.45) is 60.6. The van der Waals surface area contributed by atoms with E-state index in [0.717, 1.165) is 57.8 Å². The number of carbonyl (C=O) groups is 3. The summed E-state index contributed by atoms with van der Waals surface area (Å²) in [5, 5.41) is 0. The van der Waals surface area contributed by atoms with E-state index in [4.69, 9.17) is 14.2 Å². The van der Waals surface area contributed by atoms with Crippen LogP contribution in [0.4, 0.5) is 0 Å². The van der Waals surface area contributed by atoms with Gasteiger partial charge in [-0.25, -0.2) is 0 Å². The van der Waals surface area contributed by atoms with Crippen LogP contribution in [-0.4, -0.2) is 37.2 Å². The van der Waals surface area contributed by atoms with E-state index in [1.165, 1.54) is 225 Å². The van der Waals surface area contributed by atoms with Gasteiger partial charge in [-0.3, -0.25) is 14.4 Å². The van der Waals surface area contributed by atoms with Gasteiger partial charge in [0.15, 0.2) is 6.10 Å². The Hall–Kier alpha value is -1.85. The molecule has 0 spiro atoms. The Morgan fingerprint density at radius 3 is 0.797 bits per heavy atom. The Morgan fingerprint density at radius 2 is 0.516 bits per heavy atom. The number of esters is 3. The SMILES string of the molecule is CCCCCC/C=C\CCCCCCCCCC(=O)OC[C@H](COC(=O)CCCCCCCCCCCCCCCCCCCCC)OC(=O)CCCCCCCCCCCCCC. The molecule has 6 heteroatoms. The standard InChI is InChI=1S/C58H110O6/c1-4-7-10-13-16-19-22-25-27-28-29-30-32-34-37-39-42-45-48-51-57(60)63-54-55(64-58(61)52-49-46-43-40-35-24-21-18-15-12-9-6-3)53-62-56(59)50-47-44-41-38-36-33-31-26-23-20-17-14-11-8-5-2/h20,23,55H,4-19,21-22,24-54H2,1-3H3/b23-20-/t55-/m1/s1. The zero-order valence-electron chi connectivity index (χ0n) is 43.3. The maximum absolute atomic E-state index is 12.8. The minimum atomic E-state index is -0.765. The van der Waals surface area contributed by atoms with Crippen molar-refractivity contribution in [2.45, 2.75) is 329 Å². The first-order valence-corrected chi connectivity index (χ1v) is 28.7. The Morgan fingerprint density at radius 1 is 0.297 bits per heavy atom. The monoisotopic (exact) mass is 903 g/mol. The Kier molecular flexibility index (Phi) is 52.2. The molecule has 0 aliphatic heterocycles. The van der Waals surface area contributed by atoms with Crippen LogP contribution >= 0.6 is 0 Å². The fourth-order valence-corrected chi connectivity index (χ4v) is 8.68. The molecule has 0 aliphatic carbocycles. The van der Waals surface area contributed by atoms with Crippen molar-refractivity contribution in [2.24, 2.45) is 0 Å². The molecular formula is C58H110O6. The Bertz CT molecular complexity index is 993. The molecule has 1 atom stereocenters. The number of hydrogen-bond donors (Lipinski definition) is 0. The van der Waals surface area contributed by atoms with Gasteiger partial charge in [-0.2, -0.15) is 0 Å². The van der Waals surface area contributed by atoms with Crippen molar-refractivity contribution in [3.8, 4) is 0 Å². The van der Waals surface area contributed by atoms with E-state index < -0.39 is 6.10 Å². The molecule has 0 amide bonds. The lowest BCUT2D eigenvalue weighted by Crippen LogP contribution is -2.30. The third-order valence-corrected chi connectivity index (χ3v) is 13.0. The van der Waals surface area contributed by atoms with Gasteiger partial charge < -0.3 is 14.2 Å². The van der Waals surface area contributed by atoms with Gasteiger partial charge in [0.1, 0.15) is 13.2 Å². The minimum absolute atomic E-state index is 0.0653. The maximum atomic E-state index is 12.8. The molecule has 0 aliphatic rings. The fourth-order valence-electron chi connectivity index (χ4n) is 8.68. The van der Waals surface area contributed by atoms with E-state index in [-0.39, 0.29) is 31.1 Å². The summed E-state index contributed by atoms with van der Waals surface area (Å²) in [6, 6.07) is 0. The largest absolute Gasteiger partial charge is 0.462 e. The summed E-state index contributed by atoms with van der Waals surface area (Å²) < 4.78 is 16.9. The van der Waals surface area contributed by atoms with Crippen molar-refractivity contribution in [1.82, 2.24) is 0 Å². The van der Waals surface area contributed by atoms with E-state index in [1.807, 2.05) is 0 Å². The second-order valence-corrected chi connectivity index (χ2v) is 19.6. The zero-order valence-corrected chi connectivity index (χ0v) is 43.3. The summed E-state index contributed by atoms with van der Waals surface area (Å²) in [7, 11) is 0. The molecule has 0 heterocycles. The molecular weight excluding hydrogens is 793 g/mol. The molecule has 6 nitrogen and oxygen atoms in total. The van der Waals surface area contributed by atoms with Gasteiger partial charge in [0.25, 0.3) is 0 Å². The lowest BCUT2D eigenvalue weighted by atomic mass is 10.0. The van der Waals surface area contributed by atoms with Crippen molar-refractivity contribution in [1.29, 1.82) is 0 Å². The zero-order chi connectivity index (χ0) is 46.5. The van der Waals surface area contributed by atoms with Crippen LogP contribution in [0.3, 0.4) is 0 Å². The minimum Gasteiger partial charge on any atom is -0.462 e. The average Bonchev–Trinajstić information content (AvgIpc) is 3.29. The number of unbranched alkanes of at least 4 members (excludes halogenated alkanes) is 40. The molecule has 0 aromatic heterocycles. The normalized spacial score (nSPS) is 12.0. The molecule has 0 aromatic carbocycles. The molecule has 0 saturated heterocycles.